The highest BCUT2D eigenvalue weighted by atomic mass is 127. The van der Waals surface area contributed by atoms with Gasteiger partial charge < -0.3 is 10.1 Å². The van der Waals surface area contributed by atoms with Crippen LogP contribution in [0.3, 0.4) is 0 Å². The van der Waals surface area contributed by atoms with E-state index in [0.717, 1.165) is 3.57 Å². The summed E-state index contributed by atoms with van der Waals surface area (Å²) in [5, 5.41) is 12.1. The molecule has 0 aliphatic heterocycles. The van der Waals surface area contributed by atoms with Crippen molar-refractivity contribution in [3.63, 3.8) is 0 Å². The number of benzene rings is 2. The summed E-state index contributed by atoms with van der Waals surface area (Å²) >= 11 is 9.00. The monoisotopic (exact) mass is 586 g/mol. The number of hydrogen-bond acceptors (Lipinski definition) is 3. The first-order valence-corrected chi connectivity index (χ1v) is 10.0. The fourth-order valence-corrected chi connectivity index (χ4v) is 3.98. The zero-order valence-electron chi connectivity index (χ0n) is 13.4. The fraction of sp³-hybridized carbons (Fsp3) is 0.0526. The first kappa shape index (κ1) is 20.7. The molecule has 0 aliphatic carbocycles. The van der Waals surface area contributed by atoms with Crippen molar-refractivity contribution >= 4 is 72.1 Å². The lowest BCUT2D eigenvalue weighted by Crippen LogP contribution is -2.14. The Balaban J connectivity index is 2.28. The average molecular weight is 588 g/mol. The maximum Gasteiger partial charge on any atom is 0.266 e. The molecule has 2 aromatic rings. The van der Waals surface area contributed by atoms with Crippen LogP contribution < -0.4 is 10.1 Å². The van der Waals surface area contributed by atoms with Crippen molar-refractivity contribution in [3.8, 4) is 11.8 Å². The number of ether oxygens (including phenoxy) is 1. The van der Waals surface area contributed by atoms with Crippen LogP contribution in [-0.2, 0) is 4.79 Å². The number of hydrogen-bond donors (Lipinski definition) is 1. The quantitative estimate of drug-likeness (QED) is 0.197. The van der Waals surface area contributed by atoms with Crippen molar-refractivity contribution in [2.24, 2.45) is 0 Å². The van der Waals surface area contributed by atoms with Gasteiger partial charge in [0.2, 0.25) is 0 Å². The SMILES string of the molecule is C=CCOc1c(Br)cc(/C=C(\C#N)C(=O)Nc2ccccc2I)cc1Br. The number of amides is 1. The van der Waals surface area contributed by atoms with Crippen LogP contribution in [-0.4, -0.2) is 12.5 Å². The number of nitriles is 1. The van der Waals surface area contributed by atoms with Crippen LogP contribution in [0.1, 0.15) is 5.56 Å². The maximum absolute atomic E-state index is 12.4. The van der Waals surface area contributed by atoms with Gasteiger partial charge in [0.1, 0.15) is 24.0 Å². The molecule has 0 bridgehead atoms. The summed E-state index contributed by atoms with van der Waals surface area (Å²) in [4.78, 5) is 12.4. The molecule has 2 aromatic carbocycles. The van der Waals surface area contributed by atoms with Crippen LogP contribution in [0, 0.1) is 14.9 Å². The van der Waals surface area contributed by atoms with Crippen LogP contribution in [0.4, 0.5) is 5.69 Å². The molecule has 0 aliphatic rings. The Kier molecular flexibility index (Phi) is 7.87. The largest absolute Gasteiger partial charge is 0.487 e. The van der Waals surface area contributed by atoms with Crippen molar-refractivity contribution in [2.45, 2.75) is 0 Å². The number of nitrogens with one attached hydrogen (secondary N) is 1. The molecule has 0 fully saturated rings. The van der Waals surface area contributed by atoms with Crippen LogP contribution in [0.25, 0.3) is 6.08 Å². The summed E-state index contributed by atoms with van der Waals surface area (Å²) in [6.45, 7) is 3.99. The van der Waals surface area contributed by atoms with Crippen LogP contribution >= 0.6 is 54.5 Å². The third kappa shape index (κ3) is 5.43. The number of carbonyl (C=O) groups excluding carboxylic acids is 1. The van der Waals surface area contributed by atoms with Crippen LogP contribution in [0.2, 0.25) is 0 Å². The molecule has 1 amide bonds. The predicted molar refractivity (Wildman–Crippen MR) is 119 cm³/mol. The second kappa shape index (κ2) is 9.90. The molecule has 0 aromatic heterocycles. The lowest BCUT2D eigenvalue weighted by Gasteiger charge is -2.10. The van der Waals surface area contributed by atoms with Crippen molar-refractivity contribution in [2.75, 3.05) is 11.9 Å². The number of anilines is 1. The fourth-order valence-electron chi connectivity index (χ4n) is 2.01. The Hall–Kier alpha value is -1.63. The molecule has 7 heteroatoms. The molecular formula is C19H13Br2IN2O2. The van der Waals surface area contributed by atoms with E-state index in [1.165, 1.54) is 6.08 Å². The summed E-state index contributed by atoms with van der Waals surface area (Å²) in [5.41, 5.74) is 1.35. The summed E-state index contributed by atoms with van der Waals surface area (Å²) in [6.07, 6.45) is 3.17. The number of nitrogens with zero attached hydrogens (tertiary/aromatic N) is 1. The lowest BCUT2D eigenvalue weighted by atomic mass is 10.1. The molecule has 0 atom stereocenters. The van der Waals surface area contributed by atoms with E-state index in [0.29, 0.717) is 32.6 Å². The zero-order valence-corrected chi connectivity index (χ0v) is 18.8. The Morgan fingerprint density at radius 2 is 1.96 bits per heavy atom. The number of rotatable bonds is 6. The van der Waals surface area contributed by atoms with E-state index in [1.54, 1.807) is 24.3 Å². The third-order valence-corrected chi connectivity index (χ3v) is 5.28. The summed E-state index contributed by atoms with van der Waals surface area (Å²) in [5.74, 6) is 0.166. The van der Waals surface area contributed by atoms with E-state index >= 15 is 0 Å². The topological polar surface area (TPSA) is 62.1 Å². The first-order chi connectivity index (χ1) is 12.5. The van der Waals surface area contributed by atoms with Gasteiger partial charge in [-0.2, -0.15) is 5.26 Å². The van der Waals surface area contributed by atoms with Gasteiger partial charge in [-0.1, -0.05) is 24.8 Å². The smallest absolute Gasteiger partial charge is 0.266 e. The summed E-state index contributed by atoms with van der Waals surface area (Å²) in [7, 11) is 0. The number of carbonyl (C=O) groups is 1. The molecule has 0 spiro atoms. The van der Waals surface area contributed by atoms with E-state index < -0.39 is 5.91 Å². The van der Waals surface area contributed by atoms with Gasteiger partial charge in [-0.3, -0.25) is 4.79 Å². The molecule has 4 nitrogen and oxygen atoms in total. The van der Waals surface area contributed by atoms with Crippen LogP contribution in [0.5, 0.6) is 5.75 Å². The minimum Gasteiger partial charge on any atom is -0.487 e. The van der Waals surface area contributed by atoms with Crippen molar-refractivity contribution in [1.29, 1.82) is 5.26 Å². The highest BCUT2D eigenvalue weighted by molar-refractivity contribution is 14.1. The Bertz CT molecular complexity index is 897. The van der Waals surface area contributed by atoms with Gasteiger partial charge in [0, 0.05) is 3.57 Å². The second-order valence-corrected chi connectivity index (χ2v) is 7.89. The van der Waals surface area contributed by atoms with Gasteiger partial charge in [-0.25, -0.2) is 0 Å². The minimum absolute atomic E-state index is 0.00297. The predicted octanol–water partition coefficient (Wildman–Crippen LogP) is 5.93. The van der Waals surface area contributed by atoms with E-state index in [1.807, 2.05) is 24.3 Å². The maximum atomic E-state index is 12.4. The van der Waals surface area contributed by atoms with E-state index in [-0.39, 0.29) is 5.57 Å². The lowest BCUT2D eigenvalue weighted by molar-refractivity contribution is -0.112. The van der Waals surface area contributed by atoms with Gasteiger partial charge in [0.25, 0.3) is 5.91 Å². The van der Waals surface area contributed by atoms with Gasteiger partial charge >= 0.3 is 0 Å². The third-order valence-electron chi connectivity index (χ3n) is 3.16. The Morgan fingerprint density at radius 1 is 1.31 bits per heavy atom. The Morgan fingerprint density at radius 3 is 2.54 bits per heavy atom. The molecule has 26 heavy (non-hydrogen) atoms. The van der Waals surface area contributed by atoms with Gasteiger partial charge in [-0.15, -0.1) is 0 Å². The number of halogens is 3. The first-order valence-electron chi connectivity index (χ1n) is 7.36. The number of para-hydroxylation sites is 1. The van der Waals surface area contributed by atoms with Crippen LogP contribution in [0.15, 0.2) is 63.6 Å². The van der Waals surface area contributed by atoms with E-state index in [4.69, 9.17) is 4.74 Å². The van der Waals surface area contributed by atoms with E-state index in [2.05, 4.69) is 66.3 Å². The average Bonchev–Trinajstić information content (AvgIpc) is 2.61. The van der Waals surface area contributed by atoms with Crippen molar-refractivity contribution in [1.82, 2.24) is 0 Å². The van der Waals surface area contributed by atoms with E-state index in [9.17, 15) is 10.1 Å². The Labute approximate surface area is 182 Å². The summed E-state index contributed by atoms with van der Waals surface area (Å²) < 4.78 is 7.87. The second-order valence-electron chi connectivity index (χ2n) is 5.02. The molecule has 0 heterocycles. The standard InChI is InChI=1S/C19H13Br2IN2O2/c1-2-7-26-18-14(20)9-12(10-15(18)21)8-13(11-23)19(25)24-17-6-4-3-5-16(17)22/h2-6,8-10H,1,7H2,(H,24,25)/b13-8+. The highest BCUT2D eigenvalue weighted by Crippen LogP contribution is 2.35. The highest BCUT2D eigenvalue weighted by Gasteiger charge is 2.13. The summed E-state index contributed by atoms with van der Waals surface area (Å²) in [6, 6.07) is 12.9. The molecule has 0 radical (unpaired) electrons. The molecule has 0 unspecified atom stereocenters. The minimum atomic E-state index is -0.462. The zero-order chi connectivity index (χ0) is 19.1. The molecular weight excluding hydrogens is 575 g/mol. The van der Waals surface area contributed by atoms with Gasteiger partial charge in [-0.05, 0) is 90.4 Å². The van der Waals surface area contributed by atoms with Crippen molar-refractivity contribution < 1.29 is 9.53 Å². The molecule has 1 N–H and O–H groups in total. The van der Waals surface area contributed by atoms with Crippen molar-refractivity contribution in [3.05, 3.63) is 72.7 Å². The van der Waals surface area contributed by atoms with Gasteiger partial charge in [0.15, 0.2) is 0 Å². The molecule has 2 rings (SSSR count). The normalized spacial score (nSPS) is 10.8. The molecule has 132 valence electrons. The van der Waals surface area contributed by atoms with Gasteiger partial charge in [0.05, 0.1) is 14.6 Å². The molecule has 0 saturated heterocycles. The molecule has 0 saturated carbocycles.